The zero-order valence-corrected chi connectivity index (χ0v) is 19.8. The number of carbonyl (C=O) groups excluding carboxylic acids is 4. The van der Waals surface area contributed by atoms with E-state index in [0.29, 0.717) is 22.9 Å². The van der Waals surface area contributed by atoms with Gasteiger partial charge in [-0.05, 0) is 68.3 Å². The number of nitrogens with one attached hydrogen (secondary N) is 1. The lowest BCUT2D eigenvalue weighted by atomic mass is 10.1. The number of esters is 1. The predicted molar refractivity (Wildman–Crippen MR) is 130 cm³/mol. The van der Waals surface area contributed by atoms with Gasteiger partial charge in [0.15, 0.2) is 17.6 Å². The van der Waals surface area contributed by atoms with Gasteiger partial charge in [0.05, 0.1) is 22.4 Å². The van der Waals surface area contributed by atoms with E-state index in [-0.39, 0.29) is 23.5 Å². The Labute approximate surface area is 206 Å². The van der Waals surface area contributed by atoms with Gasteiger partial charge in [-0.25, -0.2) is 9.69 Å². The minimum absolute atomic E-state index is 0.0560. The van der Waals surface area contributed by atoms with Crippen molar-refractivity contribution >= 4 is 35.1 Å². The summed E-state index contributed by atoms with van der Waals surface area (Å²) >= 11 is 0. The highest BCUT2D eigenvalue weighted by molar-refractivity contribution is 6.35. The van der Waals surface area contributed by atoms with E-state index in [0.717, 1.165) is 16.0 Å². The molecule has 2 heterocycles. The fourth-order valence-electron chi connectivity index (χ4n) is 4.05. The number of ether oxygens (including phenoxy) is 3. The van der Waals surface area contributed by atoms with Gasteiger partial charge in [0.25, 0.3) is 17.7 Å². The number of rotatable bonds is 5. The van der Waals surface area contributed by atoms with Gasteiger partial charge in [0.2, 0.25) is 6.79 Å². The minimum Gasteiger partial charge on any atom is -0.454 e. The standard InChI is InChI=1S/C27H22N2O7/c1-14-4-5-15(2)21(10-14)29-25(31)19-8-6-17(11-20(19)26(29)32)27(33)36-16(3)24(30)28-18-7-9-22-23(12-18)35-13-34-22/h4-12,16H,13H2,1-3H3,(H,28,30). The van der Waals surface area contributed by atoms with Gasteiger partial charge in [-0.15, -0.1) is 0 Å². The van der Waals surface area contributed by atoms with Crippen molar-refractivity contribution in [2.75, 3.05) is 17.0 Å². The zero-order chi connectivity index (χ0) is 25.6. The molecule has 0 fully saturated rings. The summed E-state index contributed by atoms with van der Waals surface area (Å²) in [6, 6.07) is 14.6. The Balaban J connectivity index is 1.30. The van der Waals surface area contributed by atoms with Crippen molar-refractivity contribution in [3.8, 4) is 11.5 Å². The van der Waals surface area contributed by atoms with E-state index in [4.69, 9.17) is 14.2 Å². The molecule has 9 heteroatoms. The third-order valence-electron chi connectivity index (χ3n) is 6.02. The molecular formula is C27H22N2O7. The van der Waals surface area contributed by atoms with Gasteiger partial charge in [-0.2, -0.15) is 0 Å². The second-order valence-electron chi connectivity index (χ2n) is 8.60. The minimum atomic E-state index is -1.13. The van der Waals surface area contributed by atoms with Crippen molar-refractivity contribution < 1.29 is 33.4 Å². The van der Waals surface area contributed by atoms with E-state index in [9.17, 15) is 19.2 Å². The van der Waals surface area contributed by atoms with Crippen LogP contribution >= 0.6 is 0 Å². The molecule has 9 nitrogen and oxygen atoms in total. The van der Waals surface area contributed by atoms with Crippen LogP contribution in [0.1, 0.15) is 49.1 Å². The summed E-state index contributed by atoms with van der Waals surface area (Å²) in [6.07, 6.45) is -1.13. The topological polar surface area (TPSA) is 111 Å². The number of hydrogen-bond acceptors (Lipinski definition) is 7. The smallest absolute Gasteiger partial charge is 0.338 e. The molecule has 0 saturated carbocycles. The first-order chi connectivity index (χ1) is 17.2. The van der Waals surface area contributed by atoms with Gasteiger partial charge in [-0.3, -0.25) is 14.4 Å². The molecule has 0 aliphatic carbocycles. The van der Waals surface area contributed by atoms with E-state index < -0.39 is 29.8 Å². The summed E-state index contributed by atoms with van der Waals surface area (Å²) in [7, 11) is 0. The van der Waals surface area contributed by atoms with E-state index in [1.807, 2.05) is 26.0 Å². The molecule has 3 aromatic carbocycles. The lowest BCUT2D eigenvalue weighted by molar-refractivity contribution is -0.123. The monoisotopic (exact) mass is 486 g/mol. The maximum absolute atomic E-state index is 13.1. The van der Waals surface area contributed by atoms with Crippen LogP contribution in [0, 0.1) is 13.8 Å². The first-order valence-corrected chi connectivity index (χ1v) is 11.2. The first-order valence-electron chi connectivity index (χ1n) is 11.2. The highest BCUT2D eigenvalue weighted by atomic mass is 16.7. The Bertz CT molecular complexity index is 1450. The summed E-state index contributed by atoms with van der Waals surface area (Å²) in [5, 5.41) is 2.66. The lowest BCUT2D eigenvalue weighted by Gasteiger charge is -2.17. The Morgan fingerprint density at radius 3 is 2.47 bits per heavy atom. The fraction of sp³-hybridized carbons (Fsp3) is 0.185. The summed E-state index contributed by atoms with van der Waals surface area (Å²) in [5.41, 5.74) is 3.00. The number of aryl methyl sites for hydroxylation is 2. The van der Waals surface area contributed by atoms with Crippen LogP contribution in [0.15, 0.2) is 54.6 Å². The molecule has 0 radical (unpaired) electrons. The number of nitrogens with zero attached hydrogens (tertiary/aromatic N) is 1. The third-order valence-corrected chi connectivity index (χ3v) is 6.02. The average molecular weight is 486 g/mol. The quantitative estimate of drug-likeness (QED) is 0.428. The SMILES string of the molecule is Cc1ccc(C)c(N2C(=O)c3ccc(C(=O)OC(C)C(=O)Nc4ccc5c(c4)OCO5)cc3C2=O)c1. The Morgan fingerprint density at radius 2 is 1.67 bits per heavy atom. The molecule has 3 aromatic rings. The first kappa shape index (κ1) is 23.1. The number of carbonyl (C=O) groups is 4. The fourth-order valence-corrected chi connectivity index (χ4v) is 4.05. The van der Waals surface area contributed by atoms with E-state index in [2.05, 4.69) is 5.32 Å². The van der Waals surface area contributed by atoms with Crippen molar-refractivity contribution in [1.29, 1.82) is 0 Å². The summed E-state index contributed by atoms with van der Waals surface area (Å²) in [4.78, 5) is 52.5. The molecule has 3 amide bonds. The maximum atomic E-state index is 13.1. The Kier molecular flexibility index (Phi) is 5.68. The Morgan fingerprint density at radius 1 is 0.917 bits per heavy atom. The highest BCUT2D eigenvalue weighted by Crippen LogP contribution is 2.34. The number of benzene rings is 3. The second-order valence-corrected chi connectivity index (χ2v) is 8.60. The van der Waals surface area contributed by atoms with Crippen LogP contribution in [0.25, 0.3) is 0 Å². The van der Waals surface area contributed by atoms with Gasteiger partial charge >= 0.3 is 5.97 Å². The molecule has 2 aliphatic heterocycles. The molecule has 2 aliphatic rings. The van der Waals surface area contributed by atoms with Gasteiger partial charge in [0.1, 0.15) is 0 Å². The van der Waals surface area contributed by atoms with Crippen LogP contribution in [-0.2, 0) is 9.53 Å². The number of anilines is 2. The molecule has 182 valence electrons. The summed E-state index contributed by atoms with van der Waals surface area (Å²) in [6.45, 7) is 5.23. The van der Waals surface area contributed by atoms with Crippen molar-refractivity contribution in [3.05, 3.63) is 82.4 Å². The zero-order valence-electron chi connectivity index (χ0n) is 19.8. The van der Waals surface area contributed by atoms with Crippen molar-refractivity contribution in [2.45, 2.75) is 26.9 Å². The van der Waals surface area contributed by atoms with Gasteiger partial charge < -0.3 is 19.5 Å². The van der Waals surface area contributed by atoms with Gasteiger partial charge in [-0.1, -0.05) is 12.1 Å². The van der Waals surface area contributed by atoms with Crippen LogP contribution in [0.5, 0.6) is 11.5 Å². The predicted octanol–water partition coefficient (Wildman–Crippen LogP) is 4.02. The molecule has 0 aromatic heterocycles. The molecule has 1 atom stereocenters. The number of fused-ring (bicyclic) bond motifs is 2. The number of hydrogen-bond donors (Lipinski definition) is 1. The second kappa shape index (κ2) is 8.84. The third kappa shape index (κ3) is 4.04. The molecule has 0 saturated heterocycles. The van der Waals surface area contributed by atoms with Crippen molar-refractivity contribution in [2.24, 2.45) is 0 Å². The van der Waals surface area contributed by atoms with E-state index >= 15 is 0 Å². The van der Waals surface area contributed by atoms with Gasteiger partial charge in [0, 0.05) is 11.8 Å². The van der Waals surface area contributed by atoms with E-state index in [1.54, 1.807) is 24.3 Å². The van der Waals surface area contributed by atoms with E-state index in [1.165, 1.54) is 25.1 Å². The van der Waals surface area contributed by atoms with Crippen LogP contribution < -0.4 is 19.7 Å². The lowest BCUT2D eigenvalue weighted by Crippen LogP contribution is -2.30. The van der Waals surface area contributed by atoms with Crippen molar-refractivity contribution in [3.63, 3.8) is 0 Å². The van der Waals surface area contributed by atoms with Crippen molar-refractivity contribution in [1.82, 2.24) is 0 Å². The van der Waals surface area contributed by atoms with Crippen LogP contribution in [0.4, 0.5) is 11.4 Å². The normalized spacial score (nSPS) is 14.5. The highest BCUT2D eigenvalue weighted by Gasteiger charge is 2.38. The largest absolute Gasteiger partial charge is 0.454 e. The molecule has 0 spiro atoms. The molecule has 5 rings (SSSR count). The average Bonchev–Trinajstić information content (AvgIpc) is 3.42. The van der Waals surface area contributed by atoms with Crippen LogP contribution in [-0.4, -0.2) is 36.6 Å². The van der Waals surface area contributed by atoms with Crippen LogP contribution in [0.3, 0.4) is 0 Å². The molecular weight excluding hydrogens is 464 g/mol. The molecule has 36 heavy (non-hydrogen) atoms. The summed E-state index contributed by atoms with van der Waals surface area (Å²) in [5.74, 6) is -1.24. The molecule has 1 unspecified atom stereocenters. The molecule has 0 bridgehead atoms. The number of amides is 3. The maximum Gasteiger partial charge on any atom is 0.338 e. The van der Waals surface area contributed by atoms with Crippen LogP contribution in [0.2, 0.25) is 0 Å². The summed E-state index contributed by atoms with van der Waals surface area (Å²) < 4.78 is 15.8. The number of imide groups is 1. The Hall–Kier alpha value is -4.66. The molecule has 1 N–H and O–H groups in total.